The molecular formula is C9H17NO2S. The molecule has 0 unspecified atom stereocenters. The Morgan fingerprint density at radius 1 is 1.38 bits per heavy atom. The number of hydrogen-bond acceptors (Lipinski definition) is 3. The van der Waals surface area contributed by atoms with Crippen LogP contribution in [0.5, 0.6) is 0 Å². The lowest BCUT2D eigenvalue weighted by Crippen LogP contribution is -2.35. The highest BCUT2D eigenvalue weighted by molar-refractivity contribution is 7.94. The Balaban J connectivity index is 3.13. The molecule has 0 aromatic heterocycles. The molecule has 76 valence electrons. The first-order valence-corrected chi connectivity index (χ1v) is 6.10. The third-order valence-electron chi connectivity index (χ3n) is 2.18. The highest BCUT2D eigenvalue weighted by atomic mass is 32.2. The Hall–Kier alpha value is -0.510. The van der Waals surface area contributed by atoms with Crippen molar-refractivity contribution in [1.82, 2.24) is 4.90 Å². The topological polar surface area (TPSA) is 37.4 Å². The van der Waals surface area contributed by atoms with Gasteiger partial charge in [0.15, 0.2) is 9.84 Å². The van der Waals surface area contributed by atoms with E-state index in [-0.39, 0.29) is 11.2 Å². The van der Waals surface area contributed by atoms with Crippen molar-refractivity contribution in [2.45, 2.75) is 20.8 Å². The van der Waals surface area contributed by atoms with E-state index in [0.717, 1.165) is 5.70 Å². The quantitative estimate of drug-likeness (QED) is 0.594. The molecule has 1 aliphatic heterocycles. The van der Waals surface area contributed by atoms with Crippen molar-refractivity contribution in [1.29, 1.82) is 0 Å². The van der Waals surface area contributed by atoms with Gasteiger partial charge in [-0.15, -0.1) is 0 Å². The van der Waals surface area contributed by atoms with Gasteiger partial charge in [-0.25, -0.2) is 8.42 Å². The van der Waals surface area contributed by atoms with Crippen molar-refractivity contribution in [2.75, 3.05) is 19.3 Å². The standard InChI is InChI=1S/C9H17NO2S/c1-9(2,3)8-7-13(11,12)6-5-10(8)4/h7H,5-6H2,1-4H3. The van der Waals surface area contributed by atoms with Crippen LogP contribution in [0.25, 0.3) is 0 Å². The molecule has 0 bridgehead atoms. The summed E-state index contributed by atoms with van der Waals surface area (Å²) >= 11 is 0. The Bertz CT molecular complexity index is 322. The van der Waals surface area contributed by atoms with Gasteiger partial charge in [0.2, 0.25) is 0 Å². The molecule has 0 atom stereocenters. The maximum atomic E-state index is 11.4. The number of sulfone groups is 1. The van der Waals surface area contributed by atoms with Crippen molar-refractivity contribution in [3.05, 3.63) is 11.1 Å². The zero-order valence-electron chi connectivity index (χ0n) is 8.66. The van der Waals surface area contributed by atoms with Crippen molar-refractivity contribution in [2.24, 2.45) is 5.41 Å². The highest BCUT2D eigenvalue weighted by Crippen LogP contribution is 2.30. The van der Waals surface area contributed by atoms with Gasteiger partial charge in [0, 0.05) is 24.7 Å². The summed E-state index contributed by atoms with van der Waals surface area (Å²) in [7, 11) is -1.02. The molecule has 0 saturated heterocycles. The molecule has 1 aliphatic rings. The first-order chi connectivity index (χ1) is 5.72. The minimum Gasteiger partial charge on any atom is -0.376 e. The summed E-state index contributed by atoms with van der Waals surface area (Å²) in [6.45, 7) is 6.67. The molecule has 0 saturated carbocycles. The van der Waals surface area contributed by atoms with E-state index in [4.69, 9.17) is 0 Å². The monoisotopic (exact) mass is 203 g/mol. The summed E-state index contributed by atoms with van der Waals surface area (Å²) in [6, 6.07) is 0. The first kappa shape index (κ1) is 10.6. The van der Waals surface area contributed by atoms with E-state index in [2.05, 4.69) is 0 Å². The highest BCUT2D eigenvalue weighted by Gasteiger charge is 2.27. The van der Waals surface area contributed by atoms with Gasteiger partial charge in [0.1, 0.15) is 0 Å². The molecule has 0 aromatic carbocycles. The molecule has 3 nitrogen and oxygen atoms in total. The summed E-state index contributed by atoms with van der Waals surface area (Å²) in [5, 5.41) is 1.41. The van der Waals surface area contributed by atoms with Gasteiger partial charge in [-0.2, -0.15) is 0 Å². The van der Waals surface area contributed by atoms with E-state index < -0.39 is 9.84 Å². The van der Waals surface area contributed by atoms with E-state index in [0.29, 0.717) is 6.54 Å². The van der Waals surface area contributed by atoms with Gasteiger partial charge in [0.25, 0.3) is 0 Å². The van der Waals surface area contributed by atoms with E-state index in [1.54, 1.807) is 0 Å². The second-order valence-corrected chi connectivity index (χ2v) is 6.51. The third kappa shape index (κ3) is 2.46. The van der Waals surface area contributed by atoms with Crippen LogP contribution in [0.4, 0.5) is 0 Å². The summed E-state index contributed by atoms with van der Waals surface area (Å²) in [5.74, 6) is 0.239. The van der Waals surface area contributed by atoms with Crippen molar-refractivity contribution < 1.29 is 8.42 Å². The van der Waals surface area contributed by atoms with Crippen molar-refractivity contribution in [3.63, 3.8) is 0 Å². The summed E-state index contributed by atoms with van der Waals surface area (Å²) < 4.78 is 22.7. The van der Waals surface area contributed by atoms with Crippen LogP contribution in [0.2, 0.25) is 0 Å². The van der Waals surface area contributed by atoms with Gasteiger partial charge in [-0.05, 0) is 0 Å². The molecular weight excluding hydrogens is 186 g/mol. The lowest BCUT2D eigenvalue weighted by molar-refractivity contribution is 0.318. The Kier molecular flexibility index (Phi) is 2.45. The summed E-state index contributed by atoms with van der Waals surface area (Å²) in [5.41, 5.74) is 0.807. The summed E-state index contributed by atoms with van der Waals surface area (Å²) in [6.07, 6.45) is 0. The van der Waals surface area contributed by atoms with Crippen LogP contribution in [-0.2, 0) is 9.84 Å². The average Bonchev–Trinajstić information content (AvgIpc) is 1.92. The van der Waals surface area contributed by atoms with Gasteiger partial charge in [-0.3, -0.25) is 0 Å². The minimum atomic E-state index is -2.95. The smallest absolute Gasteiger partial charge is 0.175 e. The van der Waals surface area contributed by atoms with Crippen LogP contribution in [-0.4, -0.2) is 32.7 Å². The molecule has 0 aromatic rings. The summed E-state index contributed by atoms with van der Waals surface area (Å²) in [4.78, 5) is 2.01. The fourth-order valence-corrected chi connectivity index (χ4v) is 2.97. The van der Waals surface area contributed by atoms with Crippen LogP contribution < -0.4 is 0 Å². The molecule has 13 heavy (non-hydrogen) atoms. The maximum Gasteiger partial charge on any atom is 0.175 e. The van der Waals surface area contributed by atoms with Crippen LogP contribution >= 0.6 is 0 Å². The third-order valence-corrected chi connectivity index (χ3v) is 3.52. The van der Waals surface area contributed by atoms with Gasteiger partial charge in [0.05, 0.1) is 11.2 Å². The molecule has 0 aliphatic carbocycles. The average molecular weight is 203 g/mol. The van der Waals surface area contributed by atoms with Gasteiger partial charge < -0.3 is 4.90 Å². The lowest BCUT2D eigenvalue weighted by atomic mass is 9.92. The number of hydrogen-bond donors (Lipinski definition) is 0. The van der Waals surface area contributed by atoms with E-state index in [1.165, 1.54) is 5.41 Å². The van der Waals surface area contributed by atoms with Crippen LogP contribution in [0, 0.1) is 5.41 Å². The molecule has 4 heteroatoms. The second-order valence-electron chi connectivity index (χ2n) is 4.54. The Morgan fingerprint density at radius 3 is 2.31 bits per heavy atom. The normalized spacial score (nSPS) is 22.8. The molecule has 0 N–H and O–H groups in total. The number of rotatable bonds is 0. The first-order valence-electron chi connectivity index (χ1n) is 4.38. The Labute approximate surface area is 80.3 Å². The molecule has 0 fully saturated rings. The van der Waals surface area contributed by atoms with Gasteiger partial charge in [-0.1, -0.05) is 20.8 Å². The predicted molar refractivity (Wildman–Crippen MR) is 54.0 cm³/mol. The minimum absolute atomic E-state index is 0.0950. The molecule has 0 spiro atoms. The number of allylic oxidation sites excluding steroid dienone is 1. The fraction of sp³-hybridized carbons (Fsp3) is 0.778. The predicted octanol–water partition coefficient (Wildman–Crippen LogP) is 1.23. The zero-order valence-corrected chi connectivity index (χ0v) is 9.48. The van der Waals surface area contributed by atoms with Crippen LogP contribution in [0.15, 0.2) is 11.1 Å². The largest absolute Gasteiger partial charge is 0.376 e. The van der Waals surface area contributed by atoms with E-state index in [1.807, 2.05) is 32.7 Å². The Morgan fingerprint density at radius 2 is 1.92 bits per heavy atom. The van der Waals surface area contributed by atoms with E-state index in [9.17, 15) is 8.42 Å². The van der Waals surface area contributed by atoms with Crippen LogP contribution in [0.3, 0.4) is 0 Å². The molecule has 0 radical (unpaired) electrons. The SMILES string of the molecule is CN1CCS(=O)(=O)C=C1C(C)(C)C. The number of nitrogens with zero attached hydrogens (tertiary/aromatic N) is 1. The van der Waals surface area contributed by atoms with Crippen molar-refractivity contribution >= 4 is 9.84 Å². The molecule has 1 rings (SSSR count). The fourth-order valence-electron chi connectivity index (χ4n) is 1.45. The molecule has 0 amide bonds. The maximum absolute atomic E-state index is 11.4. The lowest BCUT2D eigenvalue weighted by Gasteiger charge is -2.34. The van der Waals surface area contributed by atoms with Crippen LogP contribution in [0.1, 0.15) is 20.8 Å². The van der Waals surface area contributed by atoms with Gasteiger partial charge >= 0.3 is 0 Å². The van der Waals surface area contributed by atoms with Crippen molar-refractivity contribution in [3.8, 4) is 0 Å². The second kappa shape index (κ2) is 3.01. The molecule has 1 heterocycles. The van der Waals surface area contributed by atoms with E-state index >= 15 is 0 Å². The zero-order chi connectivity index (χ0) is 10.3.